The zero-order chi connectivity index (χ0) is 31.0. The van der Waals surface area contributed by atoms with Gasteiger partial charge in [0.1, 0.15) is 5.78 Å². The monoisotopic (exact) mass is 590 g/mol. The molecule has 1 heterocycles. The maximum Gasteiger partial charge on any atom is 0.244 e. The van der Waals surface area contributed by atoms with E-state index >= 15 is 0 Å². The van der Waals surface area contributed by atoms with Gasteiger partial charge < -0.3 is 30.6 Å². The smallest absolute Gasteiger partial charge is 0.244 e. The van der Waals surface area contributed by atoms with Gasteiger partial charge in [0.2, 0.25) is 11.8 Å². The molecule has 0 radical (unpaired) electrons. The number of ketones is 1. The van der Waals surface area contributed by atoms with Crippen LogP contribution in [0.5, 0.6) is 0 Å². The molecule has 2 amide bonds. The minimum atomic E-state index is -0.627. The number of ether oxygens (including phenoxy) is 1. The Bertz CT molecular complexity index is 1100. The highest BCUT2D eigenvalue weighted by atomic mass is 16.5. The second kappa shape index (κ2) is 18.7. The molecule has 236 valence electrons. The number of carbonyl (C=O) groups excluding carboxylic acids is 3. The van der Waals surface area contributed by atoms with E-state index in [0.29, 0.717) is 58.3 Å². The third kappa shape index (κ3) is 11.4. The molecule has 7 N–H and O–H groups in total. The highest BCUT2D eigenvalue weighted by molar-refractivity contribution is 5.91. The van der Waals surface area contributed by atoms with E-state index in [-0.39, 0.29) is 49.2 Å². The average Bonchev–Trinajstić information content (AvgIpc) is 3.38. The summed E-state index contributed by atoms with van der Waals surface area (Å²) in [6.07, 6.45) is 4.82. The number of Topliss-reactive ketones (excluding diaryl/α,β-unsaturated/α-hetero) is 1. The second-order valence-corrected chi connectivity index (χ2v) is 11.5. The minimum Gasteiger partial charge on any atom is -0.396 e. The van der Waals surface area contributed by atoms with E-state index in [0.717, 1.165) is 16.5 Å². The van der Waals surface area contributed by atoms with Crippen LogP contribution in [-0.4, -0.2) is 83.6 Å². The molecular weight excluding hydrogens is 540 g/mol. The van der Waals surface area contributed by atoms with Gasteiger partial charge in [-0.25, -0.2) is 5.48 Å². The number of aliphatic hydroxyl groups excluding tert-OH is 2. The number of aromatic nitrogens is 1. The van der Waals surface area contributed by atoms with Crippen molar-refractivity contribution in [3.8, 4) is 0 Å². The summed E-state index contributed by atoms with van der Waals surface area (Å²) in [6, 6.07) is 7.80. The summed E-state index contributed by atoms with van der Waals surface area (Å²) in [7, 11) is 1.81. The van der Waals surface area contributed by atoms with E-state index in [4.69, 9.17) is 9.94 Å². The van der Waals surface area contributed by atoms with E-state index in [1.807, 2.05) is 51.4 Å². The molecule has 0 aliphatic heterocycles. The summed E-state index contributed by atoms with van der Waals surface area (Å²) in [4.78, 5) is 41.9. The number of aliphatic hydroxyl groups is 2. The molecule has 1 aromatic carbocycles. The number of benzene rings is 1. The van der Waals surface area contributed by atoms with Crippen LogP contribution in [0.2, 0.25) is 0 Å². The zero-order valence-corrected chi connectivity index (χ0v) is 25.3. The zero-order valence-electron chi connectivity index (χ0n) is 25.3. The van der Waals surface area contributed by atoms with Crippen molar-refractivity contribution in [2.75, 3.05) is 40.0 Å². The van der Waals surface area contributed by atoms with Crippen molar-refractivity contribution in [1.29, 1.82) is 0 Å². The number of hydrogen-bond donors (Lipinski definition) is 7. The molecule has 2 aromatic rings. The van der Waals surface area contributed by atoms with Gasteiger partial charge in [0.25, 0.3) is 0 Å². The van der Waals surface area contributed by atoms with Gasteiger partial charge in [-0.2, -0.15) is 0 Å². The molecule has 0 saturated heterocycles. The first kappa shape index (κ1) is 35.4. The lowest BCUT2D eigenvalue weighted by Gasteiger charge is -2.32. The van der Waals surface area contributed by atoms with Crippen LogP contribution in [-0.2, 0) is 25.5 Å². The Kier molecular flexibility index (Phi) is 15.7. The number of para-hydroxylation sites is 1. The normalized spacial score (nSPS) is 13.3. The van der Waals surface area contributed by atoms with E-state index < -0.39 is 17.7 Å². The number of hydroxylamine groups is 1. The Morgan fingerprint density at radius 1 is 1.00 bits per heavy atom. The summed E-state index contributed by atoms with van der Waals surface area (Å²) in [5.74, 6) is -2.08. The molecule has 0 fully saturated rings. The van der Waals surface area contributed by atoms with Crippen molar-refractivity contribution in [3.05, 3.63) is 36.0 Å². The van der Waals surface area contributed by atoms with Crippen LogP contribution in [0.3, 0.4) is 0 Å². The van der Waals surface area contributed by atoms with Crippen LogP contribution in [0.1, 0.15) is 64.4 Å². The van der Waals surface area contributed by atoms with E-state index in [1.54, 1.807) is 5.48 Å². The highest BCUT2D eigenvalue weighted by Crippen LogP contribution is 2.26. The Morgan fingerprint density at radius 2 is 1.71 bits per heavy atom. The number of amides is 2. The molecule has 0 bridgehead atoms. The summed E-state index contributed by atoms with van der Waals surface area (Å²) < 4.78 is 5.77. The largest absolute Gasteiger partial charge is 0.396 e. The molecule has 11 heteroatoms. The fraction of sp³-hybridized carbons (Fsp3) is 0.645. The molecule has 0 aliphatic rings. The SMILES string of the molecule is CNC(CCO)(CCO)CCOCCCNC(=O)C(CC(=O)[C@@H](CC(=O)NO)CC(C)C)Cc1c[nH]c2ccccc12. The summed E-state index contributed by atoms with van der Waals surface area (Å²) in [5.41, 5.74) is 3.12. The first-order chi connectivity index (χ1) is 20.2. The van der Waals surface area contributed by atoms with Crippen LogP contribution in [0.4, 0.5) is 0 Å². The van der Waals surface area contributed by atoms with Gasteiger partial charge in [-0.05, 0) is 63.1 Å². The standard InChI is InChI=1S/C31H50N4O7/c1-22(2)17-23(20-29(39)35-41)28(38)19-24(18-25-21-34-27-8-5-4-7-26(25)27)30(40)33-12-6-15-42-16-11-31(32-3,9-13-36)10-14-37/h4-5,7-8,21-24,32,34,36-37,41H,6,9-20H2,1-3H3,(H,33,40)(H,35,39)/t23-,24?/m1/s1. The number of rotatable bonds is 22. The van der Waals surface area contributed by atoms with Crippen molar-refractivity contribution in [3.63, 3.8) is 0 Å². The molecular formula is C31H50N4O7. The van der Waals surface area contributed by atoms with Gasteiger partial charge in [0, 0.05) is 80.3 Å². The van der Waals surface area contributed by atoms with Crippen molar-refractivity contribution in [1.82, 2.24) is 21.1 Å². The van der Waals surface area contributed by atoms with Crippen LogP contribution in [0.15, 0.2) is 30.5 Å². The van der Waals surface area contributed by atoms with Crippen molar-refractivity contribution in [2.24, 2.45) is 17.8 Å². The maximum atomic E-state index is 13.4. The molecule has 0 aliphatic carbocycles. The quantitative estimate of drug-likeness (QED) is 0.0622. The van der Waals surface area contributed by atoms with Gasteiger partial charge >= 0.3 is 0 Å². The first-order valence-electron chi connectivity index (χ1n) is 14.9. The Labute approximate surface area is 248 Å². The third-order valence-electron chi connectivity index (χ3n) is 7.93. The molecule has 0 saturated carbocycles. The number of carbonyl (C=O) groups is 3. The molecule has 42 heavy (non-hydrogen) atoms. The number of H-pyrrole nitrogens is 1. The molecule has 11 nitrogen and oxygen atoms in total. The van der Waals surface area contributed by atoms with Crippen molar-refractivity contribution < 1.29 is 34.5 Å². The highest BCUT2D eigenvalue weighted by Gasteiger charge is 2.30. The Morgan fingerprint density at radius 3 is 2.36 bits per heavy atom. The Balaban J connectivity index is 2.00. The van der Waals surface area contributed by atoms with E-state index in [1.165, 1.54) is 0 Å². The first-order valence-corrected chi connectivity index (χ1v) is 14.9. The molecule has 1 unspecified atom stereocenters. The van der Waals surface area contributed by atoms with Crippen molar-refractivity contribution >= 4 is 28.5 Å². The third-order valence-corrected chi connectivity index (χ3v) is 7.93. The summed E-state index contributed by atoms with van der Waals surface area (Å²) in [6.45, 7) is 5.22. The topological polar surface area (TPSA) is 173 Å². The number of hydrogen-bond acceptors (Lipinski definition) is 8. The van der Waals surface area contributed by atoms with Crippen molar-refractivity contribution in [2.45, 2.75) is 70.8 Å². The van der Waals surface area contributed by atoms with E-state index in [2.05, 4.69) is 15.6 Å². The van der Waals surface area contributed by atoms with Gasteiger partial charge in [-0.15, -0.1) is 0 Å². The average molecular weight is 591 g/mol. The van der Waals surface area contributed by atoms with Gasteiger partial charge in [0.15, 0.2) is 0 Å². The second-order valence-electron chi connectivity index (χ2n) is 11.5. The minimum absolute atomic E-state index is 0.0141. The predicted octanol–water partition coefficient (Wildman–Crippen LogP) is 2.48. The number of nitrogens with one attached hydrogen (secondary N) is 4. The number of aromatic amines is 1. The molecule has 1 aromatic heterocycles. The van der Waals surface area contributed by atoms with E-state index in [9.17, 15) is 24.6 Å². The number of fused-ring (bicyclic) bond motifs is 1. The predicted molar refractivity (Wildman–Crippen MR) is 161 cm³/mol. The molecule has 2 rings (SSSR count). The lowest BCUT2D eigenvalue weighted by Crippen LogP contribution is -2.45. The lowest BCUT2D eigenvalue weighted by atomic mass is 9.84. The lowest BCUT2D eigenvalue weighted by molar-refractivity contribution is -0.135. The maximum absolute atomic E-state index is 13.4. The van der Waals surface area contributed by atoms with Gasteiger partial charge in [-0.1, -0.05) is 32.0 Å². The summed E-state index contributed by atoms with van der Waals surface area (Å²) in [5, 5.41) is 34.9. The van der Waals surface area contributed by atoms with Crippen LogP contribution in [0, 0.1) is 17.8 Å². The van der Waals surface area contributed by atoms with Crippen LogP contribution >= 0.6 is 0 Å². The van der Waals surface area contributed by atoms with Gasteiger partial charge in [-0.3, -0.25) is 19.6 Å². The molecule has 2 atom stereocenters. The van der Waals surface area contributed by atoms with Gasteiger partial charge in [0.05, 0.1) is 0 Å². The fourth-order valence-corrected chi connectivity index (χ4v) is 5.48. The van der Waals surface area contributed by atoms with Crippen LogP contribution < -0.4 is 16.1 Å². The summed E-state index contributed by atoms with van der Waals surface area (Å²) >= 11 is 0. The fourth-order valence-electron chi connectivity index (χ4n) is 5.48. The van der Waals surface area contributed by atoms with Crippen LogP contribution in [0.25, 0.3) is 10.9 Å². The Hall–Kier alpha value is -2.83. The molecule has 0 spiro atoms.